The van der Waals surface area contributed by atoms with Crippen LogP contribution in [-0.4, -0.2) is 32.5 Å². The summed E-state index contributed by atoms with van der Waals surface area (Å²) in [6.45, 7) is 0. The van der Waals surface area contributed by atoms with Crippen LogP contribution >= 0.6 is 11.8 Å². The van der Waals surface area contributed by atoms with E-state index in [9.17, 15) is 4.79 Å². The smallest absolute Gasteiger partial charge is 0.255 e. The summed E-state index contributed by atoms with van der Waals surface area (Å²) in [6.07, 6.45) is 7.64. The van der Waals surface area contributed by atoms with Gasteiger partial charge in [0.2, 0.25) is 0 Å². The molecule has 3 aromatic rings. The van der Waals surface area contributed by atoms with Crippen molar-refractivity contribution in [2.75, 3.05) is 12.0 Å². The third kappa shape index (κ3) is 2.99. The average molecular weight is 316 g/mol. The van der Waals surface area contributed by atoms with Crippen LogP contribution in [0.4, 0.5) is 0 Å². The largest absolute Gasteiger partial charge is 0.472 e. The van der Waals surface area contributed by atoms with Crippen LogP contribution in [0, 0.1) is 0 Å². The van der Waals surface area contributed by atoms with Crippen molar-refractivity contribution >= 4 is 23.3 Å². The summed E-state index contributed by atoms with van der Waals surface area (Å²) in [4.78, 5) is 12.3. The van der Waals surface area contributed by atoms with Crippen LogP contribution in [0.1, 0.15) is 28.6 Å². The Labute approximate surface area is 131 Å². The summed E-state index contributed by atoms with van der Waals surface area (Å²) in [7, 11) is 0. The minimum absolute atomic E-state index is 0.174. The Morgan fingerprint density at radius 3 is 3.09 bits per heavy atom. The van der Waals surface area contributed by atoms with Crippen LogP contribution < -0.4 is 5.32 Å². The number of furan rings is 1. The van der Waals surface area contributed by atoms with Crippen molar-refractivity contribution in [2.24, 2.45) is 0 Å². The van der Waals surface area contributed by atoms with Gasteiger partial charge in [-0.25, -0.2) is 0 Å². The second kappa shape index (κ2) is 6.65. The highest BCUT2D eigenvalue weighted by Gasteiger charge is 2.21. The van der Waals surface area contributed by atoms with Crippen molar-refractivity contribution in [1.29, 1.82) is 0 Å². The van der Waals surface area contributed by atoms with E-state index in [1.807, 2.05) is 35.1 Å². The van der Waals surface area contributed by atoms with Crippen LogP contribution in [-0.2, 0) is 0 Å². The van der Waals surface area contributed by atoms with E-state index >= 15 is 0 Å². The molecule has 0 spiro atoms. The molecule has 22 heavy (non-hydrogen) atoms. The molecule has 3 heterocycles. The van der Waals surface area contributed by atoms with Crippen LogP contribution in [0.2, 0.25) is 0 Å². The van der Waals surface area contributed by atoms with Gasteiger partial charge in [0.15, 0.2) is 11.5 Å². The fourth-order valence-corrected chi connectivity index (χ4v) is 2.71. The molecule has 1 unspecified atom stereocenters. The van der Waals surface area contributed by atoms with E-state index in [1.165, 1.54) is 12.5 Å². The first-order valence-corrected chi connectivity index (χ1v) is 8.30. The molecule has 0 bridgehead atoms. The summed E-state index contributed by atoms with van der Waals surface area (Å²) in [5.74, 6) is 1.48. The zero-order valence-corrected chi connectivity index (χ0v) is 12.9. The molecular formula is C15H16N4O2S. The molecule has 0 aliphatic carbocycles. The molecular weight excluding hydrogens is 300 g/mol. The number of pyridine rings is 1. The van der Waals surface area contributed by atoms with Gasteiger partial charge in [0.25, 0.3) is 5.91 Å². The number of hydrogen-bond acceptors (Lipinski definition) is 5. The van der Waals surface area contributed by atoms with Crippen LogP contribution in [0.3, 0.4) is 0 Å². The Hall–Kier alpha value is -2.28. The highest BCUT2D eigenvalue weighted by Crippen LogP contribution is 2.19. The van der Waals surface area contributed by atoms with Crippen LogP contribution in [0.25, 0.3) is 5.65 Å². The summed E-state index contributed by atoms with van der Waals surface area (Å²) in [5.41, 5.74) is 1.27. The van der Waals surface area contributed by atoms with Gasteiger partial charge in [0.05, 0.1) is 17.9 Å². The molecule has 6 nitrogen and oxygen atoms in total. The van der Waals surface area contributed by atoms with E-state index in [0.717, 1.165) is 23.6 Å². The molecule has 1 amide bonds. The summed E-state index contributed by atoms with van der Waals surface area (Å²) in [6, 6.07) is 7.16. The lowest BCUT2D eigenvalue weighted by Gasteiger charge is -2.16. The number of hydrogen-bond donors (Lipinski definition) is 1. The molecule has 0 aromatic carbocycles. The molecule has 3 rings (SSSR count). The molecule has 0 fully saturated rings. The minimum atomic E-state index is -0.202. The number of aromatic nitrogens is 3. The van der Waals surface area contributed by atoms with E-state index in [-0.39, 0.29) is 11.9 Å². The molecule has 1 N–H and O–H groups in total. The first kappa shape index (κ1) is 14.6. The average Bonchev–Trinajstić information content (AvgIpc) is 3.20. The molecule has 114 valence electrons. The molecule has 7 heteroatoms. The normalized spacial score (nSPS) is 12.4. The van der Waals surface area contributed by atoms with Gasteiger partial charge >= 0.3 is 0 Å². The maximum Gasteiger partial charge on any atom is 0.255 e. The van der Waals surface area contributed by atoms with E-state index < -0.39 is 0 Å². The number of carbonyl (C=O) groups is 1. The Balaban J connectivity index is 1.87. The first-order chi connectivity index (χ1) is 10.8. The van der Waals surface area contributed by atoms with E-state index in [4.69, 9.17) is 4.42 Å². The first-order valence-electron chi connectivity index (χ1n) is 6.91. The van der Waals surface area contributed by atoms with Crippen molar-refractivity contribution < 1.29 is 9.21 Å². The molecule has 0 aliphatic heterocycles. The standard InChI is InChI=1S/C15H16N4O2S/c1-22-9-6-12(16-15(20)11-5-8-21-10-11)14-18-17-13-4-2-3-7-19(13)14/h2-5,7-8,10,12H,6,9H2,1H3,(H,16,20). The van der Waals surface area contributed by atoms with Crippen molar-refractivity contribution in [1.82, 2.24) is 19.9 Å². The second-order valence-corrected chi connectivity index (χ2v) is 5.79. The van der Waals surface area contributed by atoms with Crippen molar-refractivity contribution in [2.45, 2.75) is 12.5 Å². The van der Waals surface area contributed by atoms with Gasteiger partial charge in [-0.15, -0.1) is 10.2 Å². The number of thioether (sulfide) groups is 1. The third-order valence-corrected chi connectivity index (χ3v) is 4.00. The van der Waals surface area contributed by atoms with Crippen molar-refractivity contribution in [3.63, 3.8) is 0 Å². The fourth-order valence-electron chi connectivity index (χ4n) is 2.23. The lowest BCUT2D eigenvalue weighted by atomic mass is 10.2. The molecule has 0 aliphatic rings. The van der Waals surface area contributed by atoms with E-state index in [0.29, 0.717) is 5.56 Å². The Bertz CT molecular complexity index is 754. The quantitative estimate of drug-likeness (QED) is 0.756. The summed E-state index contributed by atoms with van der Waals surface area (Å²) >= 11 is 1.73. The van der Waals surface area contributed by atoms with E-state index in [2.05, 4.69) is 15.5 Å². The number of carbonyl (C=O) groups excluding carboxylic acids is 1. The zero-order valence-electron chi connectivity index (χ0n) is 12.1. The van der Waals surface area contributed by atoms with Crippen molar-refractivity contribution in [3.8, 4) is 0 Å². The number of rotatable bonds is 6. The monoisotopic (exact) mass is 316 g/mol. The molecule has 1 atom stereocenters. The second-order valence-electron chi connectivity index (χ2n) is 4.81. The molecule has 3 aromatic heterocycles. The predicted octanol–water partition coefficient (Wildman–Crippen LogP) is 2.55. The zero-order chi connectivity index (χ0) is 15.4. The molecule has 0 saturated heterocycles. The lowest BCUT2D eigenvalue weighted by molar-refractivity contribution is 0.0933. The van der Waals surface area contributed by atoms with Gasteiger partial charge in [-0.2, -0.15) is 11.8 Å². The summed E-state index contributed by atoms with van der Waals surface area (Å²) in [5, 5.41) is 11.4. The Morgan fingerprint density at radius 1 is 1.41 bits per heavy atom. The highest BCUT2D eigenvalue weighted by atomic mass is 32.2. The number of nitrogens with one attached hydrogen (secondary N) is 1. The fraction of sp³-hybridized carbons (Fsp3) is 0.267. The van der Waals surface area contributed by atoms with Crippen LogP contribution in [0.5, 0.6) is 0 Å². The third-order valence-electron chi connectivity index (χ3n) is 3.35. The Kier molecular flexibility index (Phi) is 4.43. The number of amides is 1. The molecule has 0 saturated carbocycles. The summed E-state index contributed by atoms with van der Waals surface area (Å²) < 4.78 is 6.86. The maximum atomic E-state index is 12.3. The van der Waals surface area contributed by atoms with E-state index in [1.54, 1.807) is 17.8 Å². The minimum Gasteiger partial charge on any atom is -0.472 e. The Morgan fingerprint density at radius 2 is 2.32 bits per heavy atom. The van der Waals surface area contributed by atoms with Gasteiger partial charge in [0, 0.05) is 6.20 Å². The molecule has 0 radical (unpaired) electrons. The highest BCUT2D eigenvalue weighted by molar-refractivity contribution is 7.98. The van der Waals surface area contributed by atoms with Gasteiger partial charge in [-0.3, -0.25) is 9.20 Å². The van der Waals surface area contributed by atoms with Crippen LogP contribution in [0.15, 0.2) is 47.4 Å². The number of nitrogens with zero attached hydrogens (tertiary/aromatic N) is 3. The SMILES string of the molecule is CSCCC(NC(=O)c1ccoc1)c1nnc2ccccn12. The van der Waals surface area contributed by atoms with Gasteiger partial charge in [-0.05, 0) is 36.6 Å². The maximum absolute atomic E-state index is 12.3. The van der Waals surface area contributed by atoms with Gasteiger partial charge in [0.1, 0.15) is 6.26 Å². The van der Waals surface area contributed by atoms with Gasteiger partial charge < -0.3 is 9.73 Å². The topological polar surface area (TPSA) is 72.4 Å². The van der Waals surface area contributed by atoms with Gasteiger partial charge in [-0.1, -0.05) is 6.07 Å². The predicted molar refractivity (Wildman–Crippen MR) is 84.9 cm³/mol. The number of fused-ring (bicyclic) bond motifs is 1. The van der Waals surface area contributed by atoms with Crippen molar-refractivity contribution in [3.05, 3.63) is 54.4 Å². The lowest BCUT2D eigenvalue weighted by Crippen LogP contribution is -2.30.